The third kappa shape index (κ3) is 7.93. The Labute approximate surface area is 226 Å². The van der Waals surface area contributed by atoms with Gasteiger partial charge >= 0.3 is 6.03 Å². The zero-order valence-electron chi connectivity index (χ0n) is 21.2. The quantitative estimate of drug-likeness (QED) is 0.221. The van der Waals surface area contributed by atoms with Crippen LogP contribution in [0, 0.1) is 0 Å². The number of aromatic nitrogens is 3. The number of nitrogens with zero attached hydrogens (tertiary/aromatic N) is 3. The van der Waals surface area contributed by atoms with Crippen molar-refractivity contribution in [1.29, 1.82) is 0 Å². The molecule has 0 spiro atoms. The Morgan fingerprint density at radius 3 is 2.97 bits per heavy atom. The lowest BCUT2D eigenvalue weighted by molar-refractivity contribution is 0.247. The lowest BCUT2D eigenvalue weighted by Crippen LogP contribution is -2.36. The first kappa shape index (κ1) is 28.4. The number of amides is 2. The number of ether oxygens (including phenoxy) is 1. The number of rotatable bonds is 15. The zero-order valence-corrected chi connectivity index (χ0v) is 22.9. The predicted molar refractivity (Wildman–Crippen MR) is 145 cm³/mol. The highest BCUT2D eigenvalue weighted by Crippen LogP contribution is 2.33. The van der Waals surface area contributed by atoms with Crippen LogP contribution in [0.15, 0.2) is 47.3 Å². The second kappa shape index (κ2) is 13.4. The maximum Gasteiger partial charge on any atom is 0.315 e. The van der Waals surface area contributed by atoms with Gasteiger partial charge in [-0.15, -0.1) is 5.10 Å². The van der Waals surface area contributed by atoms with Crippen molar-refractivity contribution in [2.45, 2.75) is 67.3 Å². The lowest BCUT2D eigenvalue weighted by Gasteiger charge is -2.16. The van der Waals surface area contributed by atoms with Crippen molar-refractivity contribution in [2.24, 2.45) is 5.73 Å². The standard InChI is InChI=1S/C25H35FN6O4S2/c26-18(10-11-27)17-38(34,35)21-8-4-7-20(14-21)36-13-5-6-19-15-32(31-30-19)12-3-1-2-9-23-24-22(16-37-23)28-25(33)29-24/h4,7-8,10,14-15,22-24H,1-3,5-6,9,11-13,16-17,27H2,(H2,28,29,33)/b18-10-/t22-,23-,24-/m0/s1. The van der Waals surface area contributed by atoms with Crippen LogP contribution >= 0.6 is 11.8 Å². The number of nitrogens with two attached hydrogens (primary N) is 1. The summed E-state index contributed by atoms with van der Waals surface area (Å²) < 4.78 is 46.0. The van der Waals surface area contributed by atoms with Gasteiger partial charge in [0.15, 0.2) is 9.84 Å². The van der Waals surface area contributed by atoms with E-state index in [1.54, 1.807) is 12.1 Å². The number of unbranched alkanes of at least 4 members (excludes halogenated alkanes) is 2. The molecule has 1 aromatic heterocycles. The Morgan fingerprint density at radius 2 is 2.13 bits per heavy atom. The van der Waals surface area contributed by atoms with Gasteiger partial charge in [0.25, 0.3) is 0 Å². The molecule has 2 aliphatic heterocycles. The highest BCUT2D eigenvalue weighted by Gasteiger charge is 2.42. The Kier molecular flexibility index (Phi) is 10.0. The molecule has 2 saturated heterocycles. The summed E-state index contributed by atoms with van der Waals surface area (Å²) in [6.45, 7) is 1.14. The average Bonchev–Trinajstić information content (AvgIpc) is 3.58. The third-order valence-electron chi connectivity index (χ3n) is 6.58. The van der Waals surface area contributed by atoms with Crippen molar-refractivity contribution in [3.05, 3.63) is 48.1 Å². The van der Waals surface area contributed by atoms with E-state index in [0.717, 1.165) is 49.8 Å². The number of nitrogens with one attached hydrogen (secondary N) is 2. The van der Waals surface area contributed by atoms with E-state index in [1.807, 2.05) is 22.6 Å². The van der Waals surface area contributed by atoms with Crippen molar-refractivity contribution >= 4 is 27.6 Å². The van der Waals surface area contributed by atoms with E-state index in [0.29, 0.717) is 30.4 Å². The van der Waals surface area contributed by atoms with Gasteiger partial charge in [-0.2, -0.15) is 11.8 Å². The smallest absolute Gasteiger partial charge is 0.315 e. The van der Waals surface area contributed by atoms with Crippen molar-refractivity contribution in [2.75, 3.05) is 24.7 Å². The maximum atomic E-state index is 13.7. The molecule has 0 bridgehead atoms. The molecule has 10 nitrogen and oxygen atoms in total. The molecular formula is C25H35FN6O4S2. The number of carbonyl (C=O) groups is 1. The number of fused-ring (bicyclic) bond motifs is 1. The SMILES string of the molecule is NC/C=C(\F)CS(=O)(=O)c1cccc(OCCCc2cn(CCCCC[C@@H]3SC[C@@H]4NC(=O)N[C@@H]43)nn2)c1. The van der Waals surface area contributed by atoms with Gasteiger partial charge in [-0.05, 0) is 50.0 Å². The molecule has 1 aromatic carbocycles. The third-order valence-corrected chi connectivity index (χ3v) is 9.71. The van der Waals surface area contributed by atoms with Crippen LogP contribution in [-0.4, -0.2) is 71.4 Å². The summed E-state index contributed by atoms with van der Waals surface area (Å²) in [7, 11) is -3.82. The van der Waals surface area contributed by atoms with Gasteiger partial charge in [0.1, 0.15) is 17.3 Å². The first-order valence-corrected chi connectivity index (χ1v) is 15.6. The Morgan fingerprint density at radius 1 is 1.26 bits per heavy atom. The van der Waals surface area contributed by atoms with Crippen molar-refractivity contribution in [3.8, 4) is 5.75 Å². The maximum absolute atomic E-state index is 13.7. The van der Waals surface area contributed by atoms with Crippen LogP contribution in [0.1, 0.15) is 37.8 Å². The van der Waals surface area contributed by atoms with Crippen molar-refractivity contribution in [1.82, 2.24) is 25.6 Å². The van der Waals surface area contributed by atoms with E-state index in [9.17, 15) is 17.6 Å². The van der Waals surface area contributed by atoms with E-state index in [2.05, 4.69) is 20.9 Å². The Hall–Kier alpha value is -2.64. The Balaban J connectivity index is 1.12. The van der Waals surface area contributed by atoms with Crippen LogP contribution in [0.25, 0.3) is 0 Å². The molecule has 2 aliphatic rings. The summed E-state index contributed by atoms with van der Waals surface area (Å²) in [5.74, 6) is -0.0903. The molecule has 0 saturated carbocycles. The fourth-order valence-electron chi connectivity index (χ4n) is 4.65. The van der Waals surface area contributed by atoms with Crippen molar-refractivity contribution < 1.29 is 22.3 Å². The molecule has 2 fully saturated rings. The topological polar surface area (TPSA) is 141 Å². The van der Waals surface area contributed by atoms with Gasteiger partial charge in [-0.25, -0.2) is 17.6 Å². The largest absolute Gasteiger partial charge is 0.494 e. The van der Waals surface area contributed by atoms with E-state index in [1.165, 1.54) is 12.1 Å². The minimum absolute atomic E-state index is 0.00650. The second-order valence-electron chi connectivity index (χ2n) is 9.52. The molecule has 2 aromatic rings. The molecule has 2 amide bonds. The molecule has 0 aliphatic carbocycles. The van der Waals surface area contributed by atoms with Crippen LogP contribution in [0.2, 0.25) is 0 Å². The molecule has 3 heterocycles. The summed E-state index contributed by atoms with van der Waals surface area (Å²) in [5, 5.41) is 15.0. The van der Waals surface area contributed by atoms with Gasteiger partial charge in [-0.3, -0.25) is 4.68 Å². The fraction of sp³-hybridized carbons (Fsp3) is 0.560. The van der Waals surface area contributed by atoms with Gasteiger partial charge in [0, 0.05) is 30.3 Å². The van der Waals surface area contributed by atoms with E-state index >= 15 is 0 Å². The Bertz CT molecular complexity index is 1220. The average molecular weight is 567 g/mol. The molecular weight excluding hydrogens is 531 g/mol. The summed E-state index contributed by atoms with van der Waals surface area (Å²) in [6, 6.07) is 6.58. The molecule has 4 rings (SSSR count). The number of halogens is 1. The molecule has 13 heteroatoms. The second-order valence-corrected chi connectivity index (χ2v) is 12.8. The van der Waals surface area contributed by atoms with Gasteiger partial charge < -0.3 is 21.1 Å². The number of hydrogen-bond acceptors (Lipinski definition) is 8. The van der Waals surface area contributed by atoms with Crippen molar-refractivity contribution in [3.63, 3.8) is 0 Å². The summed E-state index contributed by atoms with van der Waals surface area (Å²) in [6.07, 6.45) is 8.73. The lowest BCUT2D eigenvalue weighted by atomic mass is 10.0. The summed E-state index contributed by atoms with van der Waals surface area (Å²) in [5.41, 5.74) is 6.12. The number of hydrogen-bond donors (Lipinski definition) is 3. The van der Waals surface area contributed by atoms with Gasteiger partial charge in [0.2, 0.25) is 0 Å². The predicted octanol–water partition coefficient (Wildman–Crippen LogP) is 2.60. The van der Waals surface area contributed by atoms with E-state index in [4.69, 9.17) is 10.5 Å². The minimum atomic E-state index is -3.82. The molecule has 4 N–H and O–H groups in total. The number of aryl methyl sites for hydroxylation is 2. The molecule has 0 unspecified atom stereocenters. The van der Waals surface area contributed by atoms with Crippen LogP contribution in [0.5, 0.6) is 5.75 Å². The van der Waals surface area contributed by atoms with Crippen LogP contribution in [0.3, 0.4) is 0 Å². The van der Waals surface area contributed by atoms with Crippen LogP contribution in [-0.2, 0) is 22.8 Å². The highest BCUT2D eigenvalue weighted by molar-refractivity contribution is 8.00. The molecule has 0 radical (unpaired) electrons. The number of sulfone groups is 1. The van der Waals surface area contributed by atoms with Crippen LogP contribution < -0.4 is 21.1 Å². The minimum Gasteiger partial charge on any atom is -0.494 e. The normalized spacial score (nSPS) is 21.3. The number of carbonyl (C=O) groups excluding carboxylic acids is 1. The first-order valence-electron chi connectivity index (χ1n) is 12.9. The van der Waals surface area contributed by atoms with E-state index < -0.39 is 21.4 Å². The molecule has 208 valence electrons. The molecule has 38 heavy (non-hydrogen) atoms. The van der Waals surface area contributed by atoms with Crippen LogP contribution in [0.4, 0.5) is 9.18 Å². The van der Waals surface area contributed by atoms with Gasteiger partial charge in [-0.1, -0.05) is 24.1 Å². The summed E-state index contributed by atoms with van der Waals surface area (Å²) >= 11 is 1.95. The summed E-state index contributed by atoms with van der Waals surface area (Å²) in [4.78, 5) is 11.5. The number of thioether (sulfide) groups is 1. The number of benzene rings is 1. The fourth-order valence-corrected chi connectivity index (χ4v) is 7.43. The number of urea groups is 1. The zero-order chi connectivity index (χ0) is 27.0. The van der Waals surface area contributed by atoms with E-state index in [-0.39, 0.29) is 29.6 Å². The highest BCUT2D eigenvalue weighted by atomic mass is 32.2. The van der Waals surface area contributed by atoms with Gasteiger partial charge in [0.05, 0.1) is 29.3 Å². The monoisotopic (exact) mass is 566 g/mol. The first-order chi connectivity index (χ1) is 18.3. The molecule has 3 atom stereocenters.